The molecule has 0 radical (unpaired) electrons. The van der Waals surface area contributed by atoms with Gasteiger partial charge in [-0.25, -0.2) is 0 Å². The van der Waals surface area contributed by atoms with Crippen molar-refractivity contribution in [2.45, 2.75) is 219 Å². The number of ether oxygens (including phenoxy) is 3. The lowest BCUT2D eigenvalue weighted by atomic mass is 10.1. The minimum Gasteiger partial charge on any atom is -0.461 e. The highest BCUT2D eigenvalue weighted by atomic mass is 16.6. The first-order valence-corrected chi connectivity index (χ1v) is 25.4. The number of hydrogen-bond acceptors (Lipinski definition) is 5. The number of esters is 2. The SMILES string of the molecule is CC/C=C\C/C=C\C/C=C\C/C=C\C/C=C\CC(=O)OCC(COCCCCCCCCCC/C=C\C/C=C\C/C=C\CC)OC(=O)CCCCCCC/C=C\CCCCCC. The van der Waals surface area contributed by atoms with Crippen LogP contribution in [0.2, 0.25) is 0 Å². The second-order valence-electron chi connectivity index (χ2n) is 16.3. The van der Waals surface area contributed by atoms with Gasteiger partial charge in [-0.1, -0.05) is 207 Å². The van der Waals surface area contributed by atoms with Gasteiger partial charge in [0, 0.05) is 13.0 Å². The molecular weight excluding hydrogens is 765 g/mol. The summed E-state index contributed by atoms with van der Waals surface area (Å²) in [5.74, 6) is -0.563. The van der Waals surface area contributed by atoms with Crippen LogP contribution in [0.3, 0.4) is 0 Å². The zero-order valence-electron chi connectivity index (χ0n) is 40.3. The second kappa shape index (κ2) is 51.9. The van der Waals surface area contributed by atoms with Gasteiger partial charge < -0.3 is 14.2 Å². The Kier molecular flexibility index (Phi) is 49.0. The number of rotatable bonds is 45. The van der Waals surface area contributed by atoms with E-state index in [1.54, 1.807) is 0 Å². The molecule has 5 nitrogen and oxygen atoms in total. The summed E-state index contributed by atoms with van der Waals surface area (Å²) in [5, 5.41) is 0. The van der Waals surface area contributed by atoms with Crippen molar-refractivity contribution in [3.8, 4) is 0 Å². The molecule has 62 heavy (non-hydrogen) atoms. The molecule has 0 aromatic heterocycles. The summed E-state index contributed by atoms with van der Waals surface area (Å²) < 4.78 is 17.3. The third kappa shape index (κ3) is 49.2. The first kappa shape index (κ1) is 58.6. The van der Waals surface area contributed by atoms with E-state index in [2.05, 4.69) is 118 Å². The zero-order valence-corrected chi connectivity index (χ0v) is 40.3. The van der Waals surface area contributed by atoms with Crippen LogP contribution >= 0.6 is 0 Å². The van der Waals surface area contributed by atoms with Crippen LogP contribution in [0.4, 0.5) is 0 Å². The predicted octanol–water partition coefficient (Wildman–Crippen LogP) is 17.2. The maximum absolute atomic E-state index is 12.8. The summed E-state index contributed by atoms with van der Waals surface area (Å²) >= 11 is 0. The molecule has 0 aliphatic heterocycles. The highest BCUT2D eigenvalue weighted by Gasteiger charge is 2.17. The number of unbranched alkanes of at least 4 members (excludes halogenated alkanes) is 17. The molecule has 0 N–H and O–H groups in total. The molecule has 5 heteroatoms. The lowest BCUT2D eigenvalue weighted by Gasteiger charge is -2.18. The molecule has 0 aliphatic carbocycles. The number of allylic oxidation sites excluding steroid dienone is 17. The van der Waals surface area contributed by atoms with Crippen molar-refractivity contribution in [2.75, 3.05) is 19.8 Å². The van der Waals surface area contributed by atoms with E-state index in [0.29, 0.717) is 13.0 Å². The molecule has 0 amide bonds. The summed E-state index contributed by atoms with van der Waals surface area (Å²) in [6.45, 7) is 7.45. The van der Waals surface area contributed by atoms with E-state index in [0.717, 1.165) is 89.9 Å². The standard InChI is InChI=1S/C57H94O5/c1-4-7-10-13-16-19-22-25-27-28-29-31-34-37-40-43-46-49-52-60-53-55(62-57(59)51-48-45-42-39-36-32-24-21-18-15-12-9-6-3)54-61-56(58)50-47-44-41-38-35-33-30-26-23-20-17-14-11-8-5-2/h7-8,10-11,16-17,19-21,24-27,30,35,38,44,47,55H,4-6,9,12-15,18,22-23,28-29,31-34,36-37,39-43,45-46,48-54H2,1-3H3/b10-7-,11-8-,19-16-,20-17-,24-21-,27-25-,30-26-,38-35-,47-44-. The van der Waals surface area contributed by atoms with E-state index in [4.69, 9.17) is 14.2 Å². The largest absolute Gasteiger partial charge is 0.461 e. The van der Waals surface area contributed by atoms with Crippen LogP contribution < -0.4 is 0 Å². The lowest BCUT2D eigenvalue weighted by Crippen LogP contribution is -2.30. The number of carbonyl (C=O) groups is 2. The van der Waals surface area contributed by atoms with Crippen molar-refractivity contribution in [2.24, 2.45) is 0 Å². The van der Waals surface area contributed by atoms with E-state index >= 15 is 0 Å². The highest BCUT2D eigenvalue weighted by molar-refractivity contribution is 5.71. The minimum absolute atomic E-state index is 0.0190. The molecule has 0 rings (SSSR count). The predicted molar refractivity (Wildman–Crippen MR) is 269 cm³/mol. The lowest BCUT2D eigenvalue weighted by molar-refractivity contribution is -0.162. The molecule has 0 aromatic rings. The highest BCUT2D eigenvalue weighted by Crippen LogP contribution is 2.13. The summed E-state index contributed by atoms with van der Waals surface area (Å²) in [6.07, 6.45) is 71.2. The maximum Gasteiger partial charge on any atom is 0.309 e. The van der Waals surface area contributed by atoms with Crippen molar-refractivity contribution >= 4 is 11.9 Å². The monoisotopic (exact) mass is 859 g/mol. The van der Waals surface area contributed by atoms with Crippen LogP contribution in [0.5, 0.6) is 0 Å². The molecule has 0 bridgehead atoms. The first-order chi connectivity index (χ1) is 30.6. The topological polar surface area (TPSA) is 61.8 Å². The van der Waals surface area contributed by atoms with Gasteiger partial charge in [0.15, 0.2) is 6.10 Å². The Bertz CT molecular complexity index is 1250. The van der Waals surface area contributed by atoms with E-state index in [9.17, 15) is 9.59 Å². The van der Waals surface area contributed by atoms with Crippen molar-refractivity contribution in [3.63, 3.8) is 0 Å². The number of hydrogen-bond donors (Lipinski definition) is 0. The Balaban J connectivity index is 4.41. The fourth-order valence-corrected chi connectivity index (χ4v) is 6.59. The summed E-state index contributed by atoms with van der Waals surface area (Å²) in [7, 11) is 0. The van der Waals surface area contributed by atoms with Crippen LogP contribution in [0.25, 0.3) is 0 Å². The first-order valence-electron chi connectivity index (χ1n) is 25.4. The smallest absolute Gasteiger partial charge is 0.309 e. The van der Waals surface area contributed by atoms with Crippen molar-refractivity contribution < 1.29 is 23.8 Å². The van der Waals surface area contributed by atoms with Gasteiger partial charge in [0.25, 0.3) is 0 Å². The van der Waals surface area contributed by atoms with E-state index in [-0.39, 0.29) is 31.6 Å². The molecule has 0 heterocycles. The Morgan fingerprint density at radius 3 is 1.26 bits per heavy atom. The Hall–Kier alpha value is -3.44. The summed E-state index contributed by atoms with van der Waals surface area (Å²) in [6, 6.07) is 0. The van der Waals surface area contributed by atoms with Crippen molar-refractivity contribution in [3.05, 3.63) is 109 Å². The fraction of sp³-hybridized carbons (Fsp3) is 0.649. The molecule has 352 valence electrons. The number of carbonyl (C=O) groups excluding carboxylic acids is 2. The quantitative estimate of drug-likeness (QED) is 0.0347. The molecule has 0 aromatic carbocycles. The molecule has 0 aliphatic rings. The summed E-state index contributed by atoms with van der Waals surface area (Å²) in [5.41, 5.74) is 0. The fourth-order valence-electron chi connectivity index (χ4n) is 6.59. The molecule has 0 saturated heterocycles. The van der Waals surface area contributed by atoms with Gasteiger partial charge in [-0.2, -0.15) is 0 Å². The Morgan fingerprint density at radius 1 is 0.387 bits per heavy atom. The normalized spacial score (nSPS) is 13.1. The molecular formula is C57H94O5. The Morgan fingerprint density at radius 2 is 0.774 bits per heavy atom. The van der Waals surface area contributed by atoms with Crippen LogP contribution in [0.15, 0.2) is 109 Å². The van der Waals surface area contributed by atoms with Crippen molar-refractivity contribution in [1.29, 1.82) is 0 Å². The van der Waals surface area contributed by atoms with Crippen LogP contribution in [-0.2, 0) is 23.8 Å². The van der Waals surface area contributed by atoms with E-state index < -0.39 is 6.10 Å². The third-order valence-electron chi connectivity index (χ3n) is 10.3. The zero-order chi connectivity index (χ0) is 44.9. The molecule has 0 saturated carbocycles. The van der Waals surface area contributed by atoms with Gasteiger partial charge in [0.05, 0.1) is 13.0 Å². The van der Waals surface area contributed by atoms with Gasteiger partial charge >= 0.3 is 11.9 Å². The minimum atomic E-state index is -0.590. The van der Waals surface area contributed by atoms with Crippen LogP contribution in [0.1, 0.15) is 213 Å². The molecule has 0 spiro atoms. The van der Waals surface area contributed by atoms with Gasteiger partial charge in [-0.15, -0.1) is 0 Å². The second-order valence-corrected chi connectivity index (χ2v) is 16.3. The van der Waals surface area contributed by atoms with E-state index in [1.807, 2.05) is 12.2 Å². The third-order valence-corrected chi connectivity index (χ3v) is 10.3. The maximum atomic E-state index is 12.8. The average molecular weight is 859 g/mol. The van der Waals surface area contributed by atoms with E-state index in [1.165, 1.54) is 89.9 Å². The average Bonchev–Trinajstić information content (AvgIpc) is 3.27. The van der Waals surface area contributed by atoms with Crippen LogP contribution in [0, 0.1) is 0 Å². The van der Waals surface area contributed by atoms with Gasteiger partial charge in [0.1, 0.15) is 6.61 Å². The van der Waals surface area contributed by atoms with Gasteiger partial charge in [-0.05, 0) is 103 Å². The van der Waals surface area contributed by atoms with Crippen molar-refractivity contribution in [1.82, 2.24) is 0 Å². The van der Waals surface area contributed by atoms with Gasteiger partial charge in [0.2, 0.25) is 0 Å². The molecule has 1 unspecified atom stereocenters. The molecule has 1 atom stereocenters. The summed E-state index contributed by atoms with van der Waals surface area (Å²) in [4.78, 5) is 25.3. The molecule has 0 fully saturated rings. The van der Waals surface area contributed by atoms with Gasteiger partial charge in [-0.3, -0.25) is 9.59 Å². The Labute approximate surface area is 383 Å². The van der Waals surface area contributed by atoms with Crippen LogP contribution in [-0.4, -0.2) is 37.9 Å².